The Hall–Kier alpha value is -1.88. The molecule has 1 aromatic heterocycles. The van der Waals surface area contributed by atoms with E-state index in [9.17, 15) is 4.79 Å². The molecule has 1 saturated carbocycles. The maximum atomic E-state index is 12.2. The van der Waals surface area contributed by atoms with Crippen LogP contribution >= 0.6 is 12.2 Å². The fraction of sp³-hybridized carbons (Fsp3) is 0.333. The summed E-state index contributed by atoms with van der Waals surface area (Å²) in [5.74, 6) is 0.416. The molecule has 3 rings (SSSR count). The predicted octanol–water partition coefficient (Wildman–Crippen LogP) is 2.54. The molecule has 1 fully saturated rings. The second-order valence-corrected chi connectivity index (χ2v) is 5.81. The Morgan fingerprint density at radius 3 is 2.85 bits per heavy atom. The second kappa shape index (κ2) is 4.90. The molecule has 1 heterocycles. The zero-order valence-electron chi connectivity index (χ0n) is 11.2. The smallest absolute Gasteiger partial charge is 0.287 e. The van der Waals surface area contributed by atoms with E-state index in [1.54, 1.807) is 6.07 Å². The lowest BCUT2D eigenvalue weighted by Gasteiger charge is -2.15. The Morgan fingerprint density at radius 1 is 1.45 bits per heavy atom. The highest BCUT2D eigenvalue weighted by Gasteiger charge is 2.34. The highest BCUT2D eigenvalue weighted by Crippen LogP contribution is 2.33. The van der Waals surface area contributed by atoms with E-state index < -0.39 is 0 Å². The molecular formula is C15H16N2O2S. The van der Waals surface area contributed by atoms with Gasteiger partial charge in [0.1, 0.15) is 5.58 Å². The fourth-order valence-electron chi connectivity index (χ4n) is 2.34. The van der Waals surface area contributed by atoms with E-state index in [0.717, 1.165) is 23.8 Å². The van der Waals surface area contributed by atoms with Gasteiger partial charge < -0.3 is 15.5 Å². The van der Waals surface area contributed by atoms with Crippen molar-refractivity contribution in [1.82, 2.24) is 5.32 Å². The lowest BCUT2D eigenvalue weighted by atomic mass is 10.1. The van der Waals surface area contributed by atoms with Gasteiger partial charge in [-0.3, -0.25) is 4.79 Å². The number of thiocarbonyl (C=S) groups is 1. The molecule has 0 saturated heterocycles. The van der Waals surface area contributed by atoms with Crippen molar-refractivity contribution in [2.45, 2.75) is 25.8 Å². The van der Waals surface area contributed by atoms with Crippen LogP contribution in [0.5, 0.6) is 0 Å². The van der Waals surface area contributed by atoms with E-state index >= 15 is 0 Å². The summed E-state index contributed by atoms with van der Waals surface area (Å²) in [6.45, 7) is 2.00. The quantitative estimate of drug-likeness (QED) is 0.848. The van der Waals surface area contributed by atoms with Crippen molar-refractivity contribution < 1.29 is 9.21 Å². The Bertz CT molecular complexity index is 688. The van der Waals surface area contributed by atoms with Crippen LogP contribution in [0.15, 0.2) is 28.7 Å². The number of hydrogen-bond acceptors (Lipinski definition) is 3. The van der Waals surface area contributed by atoms with Gasteiger partial charge in [0.05, 0.1) is 11.0 Å². The number of nitrogens with two attached hydrogens (primary N) is 1. The predicted molar refractivity (Wildman–Crippen MR) is 81.7 cm³/mol. The minimum atomic E-state index is -0.261. The molecule has 1 unspecified atom stereocenters. The molecule has 1 atom stereocenters. The number of aryl methyl sites for hydroxylation is 1. The van der Waals surface area contributed by atoms with Crippen molar-refractivity contribution in [3.8, 4) is 0 Å². The molecule has 3 N–H and O–H groups in total. The molecule has 1 aromatic carbocycles. The molecule has 104 valence electrons. The maximum absolute atomic E-state index is 12.2. The van der Waals surface area contributed by atoms with Crippen molar-refractivity contribution in [2.24, 2.45) is 11.7 Å². The number of rotatable bonds is 4. The first-order chi connectivity index (χ1) is 9.54. The van der Waals surface area contributed by atoms with Gasteiger partial charge >= 0.3 is 0 Å². The van der Waals surface area contributed by atoms with Crippen LogP contribution in [0.4, 0.5) is 0 Å². The Labute approximate surface area is 122 Å². The number of carbonyl (C=O) groups is 1. The third-order valence-corrected chi connectivity index (χ3v) is 3.84. The molecule has 0 spiro atoms. The average Bonchev–Trinajstić information content (AvgIpc) is 3.14. The van der Waals surface area contributed by atoms with Crippen LogP contribution in [-0.2, 0) is 0 Å². The van der Waals surface area contributed by atoms with Crippen molar-refractivity contribution in [3.63, 3.8) is 0 Å². The van der Waals surface area contributed by atoms with Gasteiger partial charge in [-0.1, -0.05) is 23.8 Å². The van der Waals surface area contributed by atoms with E-state index in [2.05, 4.69) is 5.32 Å². The van der Waals surface area contributed by atoms with Crippen molar-refractivity contribution in [1.29, 1.82) is 0 Å². The third kappa shape index (κ3) is 2.54. The summed E-state index contributed by atoms with van der Waals surface area (Å²) in [4.78, 5) is 12.6. The Morgan fingerprint density at radius 2 is 2.20 bits per heavy atom. The molecule has 0 aliphatic heterocycles. The topological polar surface area (TPSA) is 68.3 Å². The van der Waals surface area contributed by atoms with Crippen LogP contribution in [0.3, 0.4) is 0 Å². The molecular weight excluding hydrogens is 272 g/mol. The van der Waals surface area contributed by atoms with Gasteiger partial charge in [0.25, 0.3) is 5.91 Å². The number of benzene rings is 1. The van der Waals surface area contributed by atoms with E-state index in [-0.39, 0.29) is 11.9 Å². The fourth-order valence-corrected chi connectivity index (χ4v) is 2.59. The molecule has 4 nitrogen and oxygen atoms in total. The number of carbonyl (C=O) groups excluding carboxylic acids is 1. The summed E-state index contributed by atoms with van der Waals surface area (Å²) in [6, 6.07) is 7.33. The van der Waals surface area contributed by atoms with Crippen molar-refractivity contribution in [2.75, 3.05) is 0 Å². The number of hydrogen-bond donors (Lipinski definition) is 2. The average molecular weight is 288 g/mol. The summed E-state index contributed by atoms with van der Waals surface area (Å²) in [5.41, 5.74) is 7.52. The summed E-state index contributed by atoms with van der Waals surface area (Å²) in [5, 5.41) is 3.80. The monoisotopic (exact) mass is 288 g/mol. The lowest BCUT2D eigenvalue weighted by Crippen LogP contribution is -2.44. The number of fused-ring (bicyclic) bond motifs is 1. The highest BCUT2D eigenvalue weighted by molar-refractivity contribution is 7.80. The number of amides is 1. The molecule has 1 aliphatic rings. The first-order valence-corrected chi connectivity index (χ1v) is 7.06. The van der Waals surface area contributed by atoms with Crippen LogP contribution in [0.2, 0.25) is 0 Å². The first kappa shape index (κ1) is 13.1. The van der Waals surface area contributed by atoms with E-state index in [1.165, 1.54) is 0 Å². The van der Waals surface area contributed by atoms with Gasteiger partial charge in [0.2, 0.25) is 0 Å². The summed E-state index contributed by atoms with van der Waals surface area (Å²) >= 11 is 5.02. The van der Waals surface area contributed by atoms with Gasteiger partial charge in [0.15, 0.2) is 5.76 Å². The Kier molecular flexibility index (Phi) is 3.22. The van der Waals surface area contributed by atoms with E-state index in [4.69, 9.17) is 22.4 Å². The summed E-state index contributed by atoms with van der Waals surface area (Å²) in [6.07, 6.45) is 2.11. The van der Waals surface area contributed by atoms with Gasteiger partial charge in [-0.25, -0.2) is 0 Å². The lowest BCUT2D eigenvalue weighted by molar-refractivity contribution is 0.0918. The second-order valence-electron chi connectivity index (χ2n) is 5.34. The van der Waals surface area contributed by atoms with Crippen LogP contribution < -0.4 is 11.1 Å². The summed E-state index contributed by atoms with van der Waals surface area (Å²) in [7, 11) is 0. The van der Waals surface area contributed by atoms with Gasteiger partial charge in [-0.2, -0.15) is 0 Å². The largest absolute Gasteiger partial charge is 0.451 e. The molecule has 5 heteroatoms. The molecule has 1 aliphatic carbocycles. The molecule has 1 amide bonds. The summed E-state index contributed by atoms with van der Waals surface area (Å²) < 4.78 is 5.57. The first-order valence-electron chi connectivity index (χ1n) is 6.65. The zero-order chi connectivity index (χ0) is 14.3. The normalized spacial score (nSPS) is 16.1. The minimum absolute atomic E-state index is 0.229. The van der Waals surface area contributed by atoms with Gasteiger partial charge in [-0.05, 0) is 43.9 Å². The standard InChI is InChI=1S/C15H16N2O2S/c1-8-2-5-11-10(6-8)7-12(19-11)15(18)17-13(14(16)20)9-3-4-9/h2,5-7,9,13H,3-4H2,1H3,(H2,16,20)(H,17,18). The highest BCUT2D eigenvalue weighted by atomic mass is 32.1. The molecule has 2 aromatic rings. The number of nitrogens with one attached hydrogen (secondary N) is 1. The Balaban J connectivity index is 1.82. The molecule has 0 radical (unpaired) electrons. The van der Waals surface area contributed by atoms with Crippen LogP contribution in [-0.4, -0.2) is 16.9 Å². The van der Waals surface area contributed by atoms with Gasteiger partial charge in [0, 0.05) is 5.39 Å². The minimum Gasteiger partial charge on any atom is -0.451 e. The molecule has 0 bridgehead atoms. The van der Waals surface area contributed by atoms with Crippen molar-refractivity contribution >= 4 is 34.1 Å². The zero-order valence-corrected chi connectivity index (χ0v) is 12.0. The van der Waals surface area contributed by atoms with E-state index in [1.807, 2.05) is 25.1 Å². The van der Waals surface area contributed by atoms with Crippen LogP contribution in [0, 0.1) is 12.8 Å². The third-order valence-electron chi connectivity index (χ3n) is 3.58. The van der Waals surface area contributed by atoms with Gasteiger partial charge in [-0.15, -0.1) is 0 Å². The maximum Gasteiger partial charge on any atom is 0.287 e. The number of furan rings is 1. The molecule has 20 heavy (non-hydrogen) atoms. The van der Waals surface area contributed by atoms with E-state index in [0.29, 0.717) is 22.2 Å². The van der Waals surface area contributed by atoms with Crippen LogP contribution in [0.25, 0.3) is 11.0 Å². The van der Waals surface area contributed by atoms with Crippen molar-refractivity contribution in [3.05, 3.63) is 35.6 Å². The van der Waals surface area contributed by atoms with Crippen LogP contribution in [0.1, 0.15) is 29.0 Å². The SMILES string of the molecule is Cc1ccc2oc(C(=O)NC(C(N)=S)C3CC3)cc2c1.